The van der Waals surface area contributed by atoms with Crippen LogP contribution in [0.1, 0.15) is 59.3 Å². The van der Waals surface area contributed by atoms with Gasteiger partial charge in [-0.05, 0) is 108 Å². The Hall–Kier alpha value is -5.86. The Morgan fingerprint density at radius 1 is 0.574 bits per heavy atom. The van der Waals surface area contributed by atoms with E-state index in [0.717, 1.165) is 67.1 Å². The minimum Gasteiger partial charge on any atom is -0.494 e. The van der Waals surface area contributed by atoms with Crippen molar-refractivity contribution in [3.05, 3.63) is 179 Å². The van der Waals surface area contributed by atoms with Crippen LogP contribution in [0, 0.1) is 12.3 Å². The first-order valence-electron chi connectivity index (χ1n) is 19.8. The largest absolute Gasteiger partial charge is 0.494 e. The minimum atomic E-state index is -4.35. The van der Waals surface area contributed by atoms with Gasteiger partial charge in [-0.1, -0.05) is 50.2 Å². The van der Waals surface area contributed by atoms with E-state index in [1.807, 2.05) is 60.9 Å². The topological polar surface area (TPSA) is 76.5 Å². The van der Waals surface area contributed by atoms with E-state index >= 15 is 0 Å². The molecular weight excluding hydrogens is 795 g/mol. The summed E-state index contributed by atoms with van der Waals surface area (Å²) >= 11 is 0. The van der Waals surface area contributed by atoms with Gasteiger partial charge in [0.1, 0.15) is 11.5 Å². The molecule has 3 heterocycles. The molecule has 0 atom stereocenters. The van der Waals surface area contributed by atoms with Crippen molar-refractivity contribution >= 4 is 0 Å². The number of hydrogen-bond donors (Lipinski definition) is 0. The van der Waals surface area contributed by atoms with Crippen molar-refractivity contribution in [3.63, 3.8) is 0 Å². The number of benzene rings is 3. The van der Waals surface area contributed by atoms with Gasteiger partial charge < -0.3 is 9.47 Å². The maximum atomic E-state index is 12.7. The second-order valence-electron chi connectivity index (χ2n) is 15.4. The number of ether oxygens (including phenoxy) is 2. The number of halogens is 6. The van der Waals surface area contributed by atoms with Crippen LogP contribution in [0.5, 0.6) is 11.5 Å². The molecule has 0 N–H and O–H groups in total. The molecule has 0 unspecified atom stereocenters. The lowest BCUT2D eigenvalue weighted by molar-refractivity contribution is -0.138. The lowest BCUT2D eigenvalue weighted by Crippen LogP contribution is -2.37. The Balaban J connectivity index is 0.000000231. The molecule has 0 aliphatic heterocycles. The molecule has 61 heavy (non-hydrogen) atoms. The van der Waals surface area contributed by atoms with Crippen LogP contribution in [0.4, 0.5) is 26.3 Å². The number of aromatic nitrogens is 4. The molecule has 0 amide bonds. The zero-order chi connectivity index (χ0) is 43.7. The third kappa shape index (κ3) is 16.3. The first-order chi connectivity index (χ1) is 29.1. The molecule has 6 aromatic rings. The van der Waals surface area contributed by atoms with E-state index in [9.17, 15) is 26.3 Å². The van der Waals surface area contributed by atoms with Gasteiger partial charge >= 0.3 is 12.4 Å². The predicted octanol–water partition coefficient (Wildman–Crippen LogP) is 10.9. The molecular formula is C47H50F6N6O2. The highest BCUT2D eigenvalue weighted by Crippen LogP contribution is 2.32. The standard InChI is InChI=1S/C24H26F3N3O.C23H24F3N3O/c1-23(2,18-31-22-9-7-21(8-10-22)24(25,26)27)17-30(15-19-5-3-11-28-13-19)16-20-6-4-12-29-14-20;1-18-6-2-3-7-19(18)16-29(17-21-8-4-13-27-28-21)14-5-15-30-22-11-9-20(10-12-22)23(24,25)26/h3-14H,15-18H2,1-2H3;2-4,6-13H,5,14-17H2,1H3. The van der Waals surface area contributed by atoms with Gasteiger partial charge in [-0.15, -0.1) is 0 Å². The molecule has 0 bridgehead atoms. The maximum absolute atomic E-state index is 12.7. The smallest absolute Gasteiger partial charge is 0.416 e. The Kier molecular flexibility index (Phi) is 16.8. The summed E-state index contributed by atoms with van der Waals surface area (Å²) < 4.78 is 87.6. The maximum Gasteiger partial charge on any atom is 0.416 e. The van der Waals surface area contributed by atoms with Crippen LogP contribution in [-0.2, 0) is 38.5 Å². The minimum absolute atomic E-state index is 0.243. The normalized spacial score (nSPS) is 11.9. The summed E-state index contributed by atoms with van der Waals surface area (Å²) in [6, 6.07) is 29.5. The van der Waals surface area contributed by atoms with E-state index in [4.69, 9.17) is 9.47 Å². The van der Waals surface area contributed by atoms with E-state index in [-0.39, 0.29) is 5.41 Å². The lowest BCUT2D eigenvalue weighted by Gasteiger charge is -2.32. The fourth-order valence-electron chi connectivity index (χ4n) is 6.44. The number of rotatable bonds is 18. The van der Waals surface area contributed by atoms with Crippen molar-refractivity contribution in [2.75, 3.05) is 26.3 Å². The zero-order valence-electron chi connectivity index (χ0n) is 34.4. The third-order valence-corrected chi connectivity index (χ3v) is 9.46. The number of alkyl halides is 6. The SMILES string of the molecule is CC(C)(COc1ccc(C(F)(F)F)cc1)CN(Cc1cccnc1)Cc1cccnc1.Cc1ccccc1CN(CCCOc1ccc(C(F)(F)F)cc1)Cc1cccnn1. The molecule has 6 rings (SSSR count). The number of nitrogens with zero attached hydrogens (tertiary/aromatic N) is 6. The highest BCUT2D eigenvalue weighted by Gasteiger charge is 2.31. The van der Waals surface area contributed by atoms with Crippen LogP contribution in [0.3, 0.4) is 0 Å². The van der Waals surface area contributed by atoms with Crippen LogP contribution in [0.2, 0.25) is 0 Å². The van der Waals surface area contributed by atoms with Crippen LogP contribution >= 0.6 is 0 Å². The van der Waals surface area contributed by atoms with Crippen molar-refractivity contribution in [2.24, 2.45) is 5.41 Å². The van der Waals surface area contributed by atoms with Crippen LogP contribution in [0.25, 0.3) is 0 Å². The molecule has 0 saturated carbocycles. The molecule has 0 spiro atoms. The van der Waals surface area contributed by atoms with Gasteiger partial charge in [0.2, 0.25) is 0 Å². The van der Waals surface area contributed by atoms with Crippen molar-refractivity contribution < 1.29 is 35.8 Å². The first kappa shape index (κ1) is 46.2. The summed E-state index contributed by atoms with van der Waals surface area (Å²) in [5, 5.41) is 8.11. The molecule has 3 aromatic heterocycles. The van der Waals surface area contributed by atoms with E-state index in [1.54, 1.807) is 18.6 Å². The molecule has 3 aromatic carbocycles. The number of hydrogen-bond acceptors (Lipinski definition) is 8. The summed E-state index contributed by atoms with van der Waals surface area (Å²) in [6.07, 6.45) is 0.879. The molecule has 0 saturated heterocycles. The quantitative estimate of drug-likeness (QED) is 0.0625. The van der Waals surface area contributed by atoms with E-state index in [1.165, 1.54) is 35.4 Å². The van der Waals surface area contributed by atoms with E-state index in [0.29, 0.717) is 44.3 Å². The Morgan fingerprint density at radius 3 is 1.64 bits per heavy atom. The molecule has 8 nitrogen and oxygen atoms in total. The first-order valence-corrected chi connectivity index (χ1v) is 19.8. The Bertz CT molecular complexity index is 2120. The second-order valence-corrected chi connectivity index (χ2v) is 15.4. The van der Waals surface area contributed by atoms with Gasteiger partial charge in [0.15, 0.2) is 0 Å². The summed E-state index contributed by atoms with van der Waals surface area (Å²) in [4.78, 5) is 13.0. The van der Waals surface area contributed by atoms with Crippen LogP contribution < -0.4 is 9.47 Å². The molecule has 0 aliphatic rings. The summed E-state index contributed by atoms with van der Waals surface area (Å²) in [5.74, 6) is 0.856. The highest BCUT2D eigenvalue weighted by molar-refractivity contribution is 5.30. The molecule has 0 fully saturated rings. The third-order valence-electron chi connectivity index (χ3n) is 9.46. The molecule has 14 heteroatoms. The summed E-state index contributed by atoms with van der Waals surface area (Å²) in [6.45, 7) is 11.4. The number of pyridine rings is 2. The van der Waals surface area contributed by atoms with Crippen LogP contribution in [-0.4, -0.2) is 56.3 Å². The molecule has 0 aliphatic carbocycles. The van der Waals surface area contributed by atoms with Crippen molar-refractivity contribution in [1.82, 2.24) is 30.0 Å². The average Bonchev–Trinajstić information content (AvgIpc) is 3.23. The van der Waals surface area contributed by atoms with Gasteiger partial charge in [-0.2, -0.15) is 36.5 Å². The van der Waals surface area contributed by atoms with Crippen molar-refractivity contribution in [3.8, 4) is 11.5 Å². The highest BCUT2D eigenvalue weighted by atomic mass is 19.4. The molecule has 0 radical (unpaired) electrons. The van der Waals surface area contributed by atoms with Crippen LogP contribution in [0.15, 0.2) is 140 Å². The van der Waals surface area contributed by atoms with Crippen molar-refractivity contribution in [2.45, 2.75) is 65.7 Å². The summed E-state index contributed by atoms with van der Waals surface area (Å²) in [7, 11) is 0. The van der Waals surface area contributed by atoms with Crippen molar-refractivity contribution in [1.29, 1.82) is 0 Å². The predicted molar refractivity (Wildman–Crippen MR) is 222 cm³/mol. The van der Waals surface area contributed by atoms with E-state index < -0.39 is 23.5 Å². The fraction of sp³-hybridized carbons (Fsp3) is 0.319. The van der Waals surface area contributed by atoms with Gasteiger partial charge in [-0.25, -0.2) is 0 Å². The Labute approximate surface area is 353 Å². The molecule has 322 valence electrons. The fourth-order valence-corrected chi connectivity index (χ4v) is 6.44. The lowest BCUT2D eigenvalue weighted by atomic mass is 9.93. The second kappa shape index (κ2) is 22.1. The number of aryl methyl sites for hydroxylation is 1. The van der Waals surface area contributed by atoms with Gasteiger partial charge in [0, 0.05) is 75.7 Å². The van der Waals surface area contributed by atoms with Gasteiger partial charge in [-0.3, -0.25) is 19.8 Å². The van der Waals surface area contributed by atoms with E-state index in [2.05, 4.69) is 62.9 Å². The van der Waals surface area contributed by atoms with Gasteiger partial charge in [0.25, 0.3) is 0 Å². The average molecular weight is 845 g/mol. The zero-order valence-corrected chi connectivity index (χ0v) is 34.4. The van der Waals surface area contributed by atoms with Gasteiger partial charge in [0.05, 0.1) is 30.0 Å². The monoisotopic (exact) mass is 844 g/mol. The summed E-state index contributed by atoms with van der Waals surface area (Å²) in [5.41, 5.74) is 3.95. The Morgan fingerprint density at radius 2 is 1.13 bits per heavy atom.